The summed E-state index contributed by atoms with van der Waals surface area (Å²) >= 11 is 10.7. The zero-order chi connectivity index (χ0) is 16.8. The highest BCUT2D eigenvalue weighted by atomic mass is 35.5. The summed E-state index contributed by atoms with van der Waals surface area (Å²) in [6.07, 6.45) is 12.8. The van der Waals surface area contributed by atoms with Gasteiger partial charge in [0.05, 0.1) is 0 Å². The normalized spacial score (nSPS) is 12.6. The molecule has 130 valence electrons. The van der Waals surface area contributed by atoms with E-state index in [1.165, 1.54) is 44.9 Å². The van der Waals surface area contributed by atoms with Gasteiger partial charge >= 0.3 is 0 Å². The minimum absolute atomic E-state index is 0.207. The van der Waals surface area contributed by atoms with Crippen molar-refractivity contribution in [1.82, 2.24) is 0 Å². The van der Waals surface area contributed by atoms with E-state index in [9.17, 15) is 9.59 Å². The van der Waals surface area contributed by atoms with E-state index in [2.05, 4.69) is 13.8 Å². The first-order valence-corrected chi connectivity index (χ1v) is 9.55. The molecule has 4 heteroatoms. The molecule has 0 rings (SSSR count). The number of rotatable bonds is 15. The molecule has 0 aromatic carbocycles. The predicted octanol–water partition coefficient (Wildman–Crippen LogP) is 6.47. The molecule has 1 unspecified atom stereocenters. The molecule has 0 heterocycles. The monoisotopic (exact) mass is 350 g/mol. The van der Waals surface area contributed by atoms with Gasteiger partial charge in [-0.15, -0.1) is 0 Å². The molecular formula is C18H32Cl2O2. The van der Waals surface area contributed by atoms with Gasteiger partial charge in [-0.3, -0.25) is 9.59 Å². The maximum Gasteiger partial charge on any atom is 0.221 e. The number of hydrogen-bond donors (Lipinski definition) is 0. The standard InChI is InChI=1S/C18H32Cl2O2/c1-15(2)16(13-14-18(20)22)11-9-7-5-3-4-6-8-10-12-17(19)21/h15-16H,3-14H2,1-2H3. The van der Waals surface area contributed by atoms with Crippen molar-refractivity contribution in [2.45, 2.75) is 90.9 Å². The van der Waals surface area contributed by atoms with Crippen LogP contribution in [0.15, 0.2) is 0 Å². The Bertz CT molecular complexity index is 303. The van der Waals surface area contributed by atoms with Crippen molar-refractivity contribution in [2.24, 2.45) is 11.8 Å². The number of carbonyl (C=O) groups excluding carboxylic acids is 2. The van der Waals surface area contributed by atoms with Crippen molar-refractivity contribution in [1.29, 1.82) is 0 Å². The Labute approximate surface area is 146 Å². The Balaban J connectivity index is 3.45. The first-order chi connectivity index (χ1) is 10.4. The topological polar surface area (TPSA) is 34.1 Å². The van der Waals surface area contributed by atoms with E-state index < -0.39 is 0 Å². The summed E-state index contributed by atoms with van der Waals surface area (Å²) in [4.78, 5) is 21.4. The number of halogens is 2. The molecule has 0 aromatic rings. The van der Waals surface area contributed by atoms with Crippen LogP contribution in [0, 0.1) is 11.8 Å². The smallest absolute Gasteiger partial charge is 0.221 e. The van der Waals surface area contributed by atoms with Crippen molar-refractivity contribution in [3.8, 4) is 0 Å². The second-order valence-corrected chi connectivity index (χ2v) is 7.46. The zero-order valence-corrected chi connectivity index (χ0v) is 15.7. The third-order valence-corrected chi connectivity index (χ3v) is 4.73. The molecule has 2 nitrogen and oxygen atoms in total. The van der Waals surface area contributed by atoms with Crippen LogP contribution < -0.4 is 0 Å². The molecular weight excluding hydrogens is 319 g/mol. The van der Waals surface area contributed by atoms with Crippen LogP contribution in [0.2, 0.25) is 0 Å². The lowest BCUT2D eigenvalue weighted by Gasteiger charge is -2.20. The molecule has 0 aliphatic rings. The van der Waals surface area contributed by atoms with Gasteiger partial charge in [0, 0.05) is 12.8 Å². The Morgan fingerprint density at radius 2 is 1.14 bits per heavy atom. The van der Waals surface area contributed by atoms with E-state index in [0.29, 0.717) is 24.7 Å². The van der Waals surface area contributed by atoms with E-state index in [1.54, 1.807) is 0 Å². The third-order valence-electron chi connectivity index (χ3n) is 4.35. The number of unbranched alkanes of at least 4 members (excludes halogenated alkanes) is 7. The van der Waals surface area contributed by atoms with E-state index in [1.807, 2.05) is 0 Å². The van der Waals surface area contributed by atoms with Crippen molar-refractivity contribution in [2.75, 3.05) is 0 Å². The molecule has 0 aliphatic carbocycles. The fraction of sp³-hybridized carbons (Fsp3) is 0.889. The molecule has 0 aromatic heterocycles. The van der Waals surface area contributed by atoms with Gasteiger partial charge in [-0.1, -0.05) is 65.2 Å². The highest BCUT2D eigenvalue weighted by Crippen LogP contribution is 2.24. The van der Waals surface area contributed by atoms with E-state index in [4.69, 9.17) is 23.2 Å². The van der Waals surface area contributed by atoms with Crippen LogP contribution >= 0.6 is 23.2 Å². The summed E-state index contributed by atoms with van der Waals surface area (Å²) < 4.78 is 0. The molecule has 1 atom stereocenters. The molecule has 0 spiro atoms. The lowest BCUT2D eigenvalue weighted by atomic mass is 9.86. The summed E-state index contributed by atoms with van der Waals surface area (Å²) in [5.41, 5.74) is 0. The van der Waals surface area contributed by atoms with Gasteiger partial charge in [0.1, 0.15) is 0 Å². The Morgan fingerprint density at radius 1 is 0.682 bits per heavy atom. The maximum atomic E-state index is 10.9. The Hall–Kier alpha value is -0.0800. The fourth-order valence-corrected chi connectivity index (χ4v) is 3.08. The molecule has 22 heavy (non-hydrogen) atoms. The van der Waals surface area contributed by atoms with Crippen LogP contribution in [-0.2, 0) is 9.59 Å². The summed E-state index contributed by atoms with van der Waals surface area (Å²) in [6.45, 7) is 4.46. The second kappa shape index (κ2) is 14.5. The largest absolute Gasteiger partial charge is 0.281 e. The van der Waals surface area contributed by atoms with Crippen LogP contribution in [0.1, 0.15) is 90.9 Å². The van der Waals surface area contributed by atoms with Gasteiger partial charge in [0.15, 0.2) is 0 Å². The van der Waals surface area contributed by atoms with Gasteiger partial charge in [-0.2, -0.15) is 0 Å². The van der Waals surface area contributed by atoms with Crippen LogP contribution in [-0.4, -0.2) is 10.5 Å². The third kappa shape index (κ3) is 14.8. The Kier molecular flexibility index (Phi) is 14.5. The number of carbonyl (C=O) groups is 2. The van der Waals surface area contributed by atoms with Gasteiger partial charge in [-0.05, 0) is 47.9 Å². The number of hydrogen-bond acceptors (Lipinski definition) is 2. The second-order valence-electron chi connectivity index (χ2n) is 6.62. The average molecular weight is 351 g/mol. The predicted molar refractivity (Wildman–Crippen MR) is 95.5 cm³/mol. The minimum Gasteiger partial charge on any atom is -0.281 e. The highest BCUT2D eigenvalue weighted by molar-refractivity contribution is 6.63. The van der Waals surface area contributed by atoms with Gasteiger partial charge in [0.25, 0.3) is 0 Å². The van der Waals surface area contributed by atoms with Crippen LogP contribution in [0.25, 0.3) is 0 Å². The highest BCUT2D eigenvalue weighted by Gasteiger charge is 2.14. The van der Waals surface area contributed by atoms with Crippen LogP contribution in [0.4, 0.5) is 0 Å². The SMILES string of the molecule is CC(C)C(CCCCCCCCCCC(=O)Cl)CCC(=O)Cl. The molecule has 0 bridgehead atoms. The van der Waals surface area contributed by atoms with Crippen molar-refractivity contribution < 1.29 is 9.59 Å². The maximum absolute atomic E-state index is 10.9. The average Bonchev–Trinajstić information content (AvgIpc) is 2.42. The molecule has 0 fully saturated rings. The fourth-order valence-electron chi connectivity index (χ4n) is 2.84. The van der Waals surface area contributed by atoms with Crippen LogP contribution in [0.5, 0.6) is 0 Å². The van der Waals surface area contributed by atoms with Crippen LogP contribution in [0.3, 0.4) is 0 Å². The van der Waals surface area contributed by atoms with Crippen molar-refractivity contribution >= 4 is 33.7 Å². The summed E-state index contributed by atoms with van der Waals surface area (Å²) in [7, 11) is 0. The first kappa shape index (κ1) is 21.9. The first-order valence-electron chi connectivity index (χ1n) is 8.80. The quantitative estimate of drug-likeness (QED) is 0.250. The zero-order valence-electron chi connectivity index (χ0n) is 14.2. The molecule has 0 aliphatic heterocycles. The van der Waals surface area contributed by atoms with Gasteiger partial charge in [0.2, 0.25) is 10.5 Å². The Morgan fingerprint density at radius 3 is 1.59 bits per heavy atom. The molecule has 0 amide bonds. The summed E-state index contributed by atoms with van der Waals surface area (Å²) in [5, 5.41) is -0.419. The summed E-state index contributed by atoms with van der Waals surface area (Å²) in [5.74, 6) is 1.25. The van der Waals surface area contributed by atoms with E-state index >= 15 is 0 Å². The van der Waals surface area contributed by atoms with E-state index in [-0.39, 0.29) is 10.5 Å². The van der Waals surface area contributed by atoms with Crippen molar-refractivity contribution in [3.63, 3.8) is 0 Å². The van der Waals surface area contributed by atoms with Gasteiger partial charge in [-0.25, -0.2) is 0 Å². The molecule has 0 radical (unpaired) electrons. The van der Waals surface area contributed by atoms with E-state index in [0.717, 1.165) is 19.3 Å². The lowest BCUT2D eigenvalue weighted by Crippen LogP contribution is -2.10. The lowest BCUT2D eigenvalue weighted by molar-refractivity contribution is -0.112. The minimum atomic E-state index is -0.212. The van der Waals surface area contributed by atoms with Gasteiger partial charge < -0.3 is 0 Å². The molecule has 0 saturated heterocycles. The summed E-state index contributed by atoms with van der Waals surface area (Å²) in [6, 6.07) is 0. The molecule has 0 N–H and O–H groups in total. The molecule has 0 saturated carbocycles. The van der Waals surface area contributed by atoms with Crippen molar-refractivity contribution in [3.05, 3.63) is 0 Å².